The molecule has 4 rings (SSSR count). The molecule has 0 unspecified atom stereocenters. The van der Waals surface area contributed by atoms with Crippen LogP contribution in [0.4, 0.5) is 0 Å². The van der Waals surface area contributed by atoms with Crippen LogP contribution in [-0.4, -0.2) is 9.97 Å². The molecule has 0 amide bonds. The lowest BCUT2D eigenvalue weighted by Crippen LogP contribution is -1.92. The van der Waals surface area contributed by atoms with E-state index in [1.54, 1.807) is 0 Å². The highest BCUT2D eigenvalue weighted by Gasteiger charge is 2.10. The lowest BCUT2D eigenvalue weighted by molar-refractivity contribution is 1.27. The highest BCUT2D eigenvalue weighted by Crippen LogP contribution is 2.29. The molecule has 0 saturated carbocycles. The minimum Gasteiger partial charge on any atom is -0.246 e. The van der Waals surface area contributed by atoms with Crippen molar-refractivity contribution in [2.24, 2.45) is 0 Å². The van der Waals surface area contributed by atoms with E-state index in [-0.39, 0.29) is 0 Å². The molecule has 0 aliphatic heterocycles. The first kappa shape index (κ1) is 13.9. The normalized spacial score (nSPS) is 10.8. The second kappa shape index (κ2) is 5.82. The Morgan fingerprint density at radius 3 is 2.26 bits per heavy atom. The van der Waals surface area contributed by atoms with E-state index >= 15 is 0 Å². The molecule has 0 aliphatic rings. The van der Waals surface area contributed by atoms with Crippen LogP contribution in [0.5, 0.6) is 0 Å². The maximum atomic E-state index is 6.19. The molecule has 0 N–H and O–H groups in total. The Kier molecular flexibility index (Phi) is 3.52. The highest BCUT2D eigenvalue weighted by molar-refractivity contribution is 6.30. The molecule has 4 aromatic rings. The van der Waals surface area contributed by atoms with E-state index in [1.165, 1.54) is 0 Å². The Bertz CT molecular complexity index is 981. The van der Waals surface area contributed by atoms with Crippen molar-refractivity contribution in [3.8, 4) is 22.6 Å². The summed E-state index contributed by atoms with van der Waals surface area (Å²) in [4.78, 5) is 9.29. The summed E-state index contributed by atoms with van der Waals surface area (Å²) in [5, 5.41) is 2.59. The number of halogens is 1. The van der Waals surface area contributed by atoms with E-state index in [9.17, 15) is 0 Å². The molecule has 0 bridgehead atoms. The first-order chi connectivity index (χ1) is 11.3. The van der Waals surface area contributed by atoms with Crippen LogP contribution in [0.25, 0.3) is 33.4 Å². The van der Waals surface area contributed by atoms with Crippen LogP contribution in [0, 0.1) is 0 Å². The average Bonchev–Trinajstić information content (AvgIpc) is 2.62. The molecular formula is C20H13ClN2. The monoisotopic (exact) mass is 316 g/mol. The predicted molar refractivity (Wildman–Crippen MR) is 95.4 cm³/mol. The van der Waals surface area contributed by atoms with Gasteiger partial charge in [-0.15, -0.1) is 0 Å². The number of hydrogen-bond donors (Lipinski definition) is 0. The molecule has 0 fully saturated rings. The summed E-state index contributed by atoms with van der Waals surface area (Å²) in [5.74, 6) is 0. The molecule has 0 saturated heterocycles. The molecule has 110 valence electrons. The zero-order chi connectivity index (χ0) is 15.6. The van der Waals surface area contributed by atoms with Crippen LogP contribution in [0.2, 0.25) is 5.15 Å². The van der Waals surface area contributed by atoms with Crippen molar-refractivity contribution < 1.29 is 0 Å². The fraction of sp³-hybridized carbons (Fsp3) is 0. The van der Waals surface area contributed by atoms with Gasteiger partial charge in [0.2, 0.25) is 0 Å². The topological polar surface area (TPSA) is 25.8 Å². The summed E-state index contributed by atoms with van der Waals surface area (Å²) in [5.41, 5.74) is 3.64. The van der Waals surface area contributed by atoms with Crippen LogP contribution in [0.1, 0.15) is 0 Å². The Hall–Kier alpha value is -2.71. The lowest BCUT2D eigenvalue weighted by atomic mass is 10.1. The Balaban J connectivity index is 1.92. The van der Waals surface area contributed by atoms with Gasteiger partial charge in [-0.1, -0.05) is 72.3 Å². The zero-order valence-electron chi connectivity index (χ0n) is 12.3. The molecule has 2 nitrogen and oxygen atoms in total. The highest BCUT2D eigenvalue weighted by atomic mass is 35.5. The van der Waals surface area contributed by atoms with Crippen LogP contribution >= 0.6 is 11.6 Å². The molecule has 2 heterocycles. The van der Waals surface area contributed by atoms with Gasteiger partial charge < -0.3 is 0 Å². The molecule has 23 heavy (non-hydrogen) atoms. The van der Waals surface area contributed by atoms with Gasteiger partial charge in [0.1, 0.15) is 5.15 Å². The van der Waals surface area contributed by atoms with Gasteiger partial charge in [0.05, 0.1) is 17.1 Å². The van der Waals surface area contributed by atoms with Crippen molar-refractivity contribution in [2.75, 3.05) is 0 Å². The van der Waals surface area contributed by atoms with E-state index in [0.29, 0.717) is 5.15 Å². The number of nitrogens with zero attached hydrogens (tertiary/aromatic N) is 2. The van der Waals surface area contributed by atoms with Crippen molar-refractivity contribution in [2.45, 2.75) is 0 Å². The molecule has 2 aromatic heterocycles. The number of fused-ring (bicyclic) bond motifs is 1. The Labute approximate surface area is 139 Å². The molecule has 0 spiro atoms. The van der Waals surface area contributed by atoms with Gasteiger partial charge in [-0.3, -0.25) is 0 Å². The van der Waals surface area contributed by atoms with E-state index in [2.05, 4.69) is 17.1 Å². The van der Waals surface area contributed by atoms with Gasteiger partial charge in [0.25, 0.3) is 0 Å². The van der Waals surface area contributed by atoms with E-state index in [1.807, 2.05) is 66.7 Å². The third-order valence-corrected chi connectivity index (χ3v) is 3.96. The summed E-state index contributed by atoms with van der Waals surface area (Å²) >= 11 is 6.19. The molecule has 0 aliphatic carbocycles. The maximum Gasteiger partial charge on any atom is 0.130 e. The number of aromatic nitrogens is 2. The minimum absolute atomic E-state index is 0.477. The van der Waals surface area contributed by atoms with E-state index < -0.39 is 0 Å². The van der Waals surface area contributed by atoms with Crippen molar-refractivity contribution in [1.82, 2.24) is 9.97 Å². The van der Waals surface area contributed by atoms with Crippen molar-refractivity contribution in [1.29, 1.82) is 0 Å². The largest absolute Gasteiger partial charge is 0.246 e. The second-order valence-electron chi connectivity index (χ2n) is 5.29. The van der Waals surface area contributed by atoms with Gasteiger partial charge in [-0.2, -0.15) is 0 Å². The maximum absolute atomic E-state index is 6.19. The summed E-state index contributed by atoms with van der Waals surface area (Å²) in [6.45, 7) is 0. The van der Waals surface area contributed by atoms with Crippen LogP contribution < -0.4 is 0 Å². The second-order valence-corrected chi connectivity index (χ2v) is 5.68. The van der Waals surface area contributed by atoms with Gasteiger partial charge in [0, 0.05) is 10.9 Å². The summed E-state index contributed by atoms with van der Waals surface area (Å²) in [6, 6.07) is 26.1. The summed E-state index contributed by atoms with van der Waals surface area (Å²) < 4.78 is 0. The lowest BCUT2D eigenvalue weighted by Gasteiger charge is -2.08. The zero-order valence-corrected chi connectivity index (χ0v) is 13.0. The van der Waals surface area contributed by atoms with Crippen molar-refractivity contribution in [3.05, 3.63) is 84.0 Å². The molecular weight excluding hydrogens is 304 g/mol. The van der Waals surface area contributed by atoms with Gasteiger partial charge in [-0.05, 0) is 23.6 Å². The number of benzene rings is 2. The smallest absolute Gasteiger partial charge is 0.130 e. The third kappa shape index (κ3) is 2.69. The quantitative estimate of drug-likeness (QED) is 0.449. The number of pyridine rings is 2. The fourth-order valence-corrected chi connectivity index (χ4v) is 2.90. The Morgan fingerprint density at radius 2 is 1.39 bits per heavy atom. The molecule has 0 atom stereocenters. The average molecular weight is 317 g/mol. The van der Waals surface area contributed by atoms with Crippen LogP contribution in [0.15, 0.2) is 78.9 Å². The number of rotatable bonds is 2. The third-order valence-electron chi connectivity index (χ3n) is 3.77. The van der Waals surface area contributed by atoms with Crippen molar-refractivity contribution >= 4 is 22.4 Å². The molecule has 2 aromatic carbocycles. The predicted octanol–water partition coefficient (Wildman–Crippen LogP) is 5.62. The minimum atomic E-state index is 0.477. The standard InChI is InChI=1S/C20H13ClN2/c21-19-13-15-9-4-5-10-16(15)20(23-19)18-12-6-11-17(22-18)14-7-2-1-3-8-14/h1-13H. The van der Waals surface area contributed by atoms with Crippen LogP contribution in [-0.2, 0) is 0 Å². The number of hydrogen-bond acceptors (Lipinski definition) is 2. The Morgan fingerprint density at radius 1 is 0.652 bits per heavy atom. The molecule has 0 radical (unpaired) electrons. The first-order valence-electron chi connectivity index (χ1n) is 7.39. The fourth-order valence-electron chi connectivity index (χ4n) is 2.70. The van der Waals surface area contributed by atoms with Gasteiger partial charge in [0.15, 0.2) is 0 Å². The van der Waals surface area contributed by atoms with E-state index in [4.69, 9.17) is 16.6 Å². The summed E-state index contributed by atoms with van der Waals surface area (Å²) in [6.07, 6.45) is 0. The molecule has 3 heteroatoms. The van der Waals surface area contributed by atoms with Gasteiger partial charge >= 0.3 is 0 Å². The summed E-state index contributed by atoms with van der Waals surface area (Å²) in [7, 11) is 0. The van der Waals surface area contributed by atoms with Crippen LogP contribution in [0.3, 0.4) is 0 Å². The first-order valence-corrected chi connectivity index (χ1v) is 7.77. The van der Waals surface area contributed by atoms with Crippen molar-refractivity contribution in [3.63, 3.8) is 0 Å². The van der Waals surface area contributed by atoms with E-state index in [0.717, 1.165) is 33.4 Å². The van der Waals surface area contributed by atoms with Gasteiger partial charge in [-0.25, -0.2) is 9.97 Å². The SMILES string of the molecule is Clc1cc2ccccc2c(-c2cccc(-c3ccccc3)n2)n1.